The van der Waals surface area contributed by atoms with Gasteiger partial charge in [0, 0.05) is 38.6 Å². The highest BCUT2D eigenvalue weighted by Gasteiger charge is 2.32. The second-order valence-electron chi connectivity index (χ2n) is 6.81. The van der Waals surface area contributed by atoms with Crippen LogP contribution in [0.1, 0.15) is 15.2 Å². The summed E-state index contributed by atoms with van der Waals surface area (Å²) >= 11 is 7.43. The van der Waals surface area contributed by atoms with Gasteiger partial charge < -0.3 is 15.1 Å². The molecule has 1 saturated heterocycles. The average molecular weight is 468 g/mol. The molecular formula is C20H17ClF3N5OS. The Hall–Kier alpha value is -2.85. The first-order chi connectivity index (χ1) is 14.8. The Morgan fingerprint density at radius 1 is 1.06 bits per heavy atom. The van der Waals surface area contributed by atoms with Gasteiger partial charge in [0.2, 0.25) is 0 Å². The van der Waals surface area contributed by atoms with Crippen molar-refractivity contribution >= 4 is 46.2 Å². The largest absolute Gasteiger partial charge is 0.417 e. The average Bonchev–Trinajstić information content (AvgIpc) is 3.29. The molecule has 0 unspecified atom stereocenters. The number of carbonyl (C=O) groups excluding carboxylic acids is 1. The Balaban J connectivity index is 1.46. The Morgan fingerprint density at radius 2 is 1.77 bits per heavy atom. The van der Waals surface area contributed by atoms with Crippen molar-refractivity contribution in [1.29, 1.82) is 0 Å². The number of halogens is 4. The minimum Gasteiger partial charge on any atom is -0.352 e. The highest BCUT2D eigenvalue weighted by molar-refractivity contribution is 7.12. The molecule has 0 aromatic carbocycles. The van der Waals surface area contributed by atoms with E-state index >= 15 is 0 Å². The topological polar surface area (TPSA) is 61.4 Å². The number of hydrogen-bond donors (Lipinski definition) is 1. The molecule has 1 amide bonds. The standard InChI is InChI=1S/C20H17ClF3N5OS/c21-14-11-13(20(22,23)24)12-26-17(14)28-6-8-29(9-7-28)18-15(3-1-5-25-18)27-19(30)16-4-2-10-31-16/h1-5,10-12H,6-9H2,(H,27,30). The molecule has 4 rings (SSSR count). The first-order valence-corrected chi connectivity index (χ1v) is 10.6. The van der Waals surface area contributed by atoms with Gasteiger partial charge in [-0.1, -0.05) is 17.7 Å². The van der Waals surface area contributed by atoms with Crippen LogP contribution in [0.25, 0.3) is 0 Å². The number of thiophene rings is 1. The molecule has 162 valence electrons. The number of nitrogens with one attached hydrogen (secondary N) is 1. The summed E-state index contributed by atoms with van der Waals surface area (Å²) in [5.74, 6) is 0.753. The number of anilines is 3. The quantitative estimate of drug-likeness (QED) is 0.598. The minimum absolute atomic E-state index is 0.0370. The number of alkyl halides is 3. The van der Waals surface area contributed by atoms with E-state index in [9.17, 15) is 18.0 Å². The highest BCUT2D eigenvalue weighted by Crippen LogP contribution is 2.34. The van der Waals surface area contributed by atoms with Gasteiger partial charge >= 0.3 is 6.18 Å². The zero-order valence-corrected chi connectivity index (χ0v) is 17.6. The van der Waals surface area contributed by atoms with Gasteiger partial charge in [0.15, 0.2) is 5.82 Å². The van der Waals surface area contributed by atoms with E-state index in [-0.39, 0.29) is 10.9 Å². The Bertz CT molecular complexity index is 1070. The molecular weight excluding hydrogens is 451 g/mol. The number of amides is 1. The summed E-state index contributed by atoms with van der Waals surface area (Å²) in [7, 11) is 0. The molecule has 3 aromatic rings. The number of hydrogen-bond acceptors (Lipinski definition) is 6. The van der Waals surface area contributed by atoms with Gasteiger partial charge in [-0.05, 0) is 29.6 Å². The summed E-state index contributed by atoms with van der Waals surface area (Å²) < 4.78 is 38.5. The fourth-order valence-electron chi connectivity index (χ4n) is 3.29. The van der Waals surface area contributed by atoms with Crippen LogP contribution in [0.2, 0.25) is 5.02 Å². The zero-order chi connectivity index (χ0) is 22.0. The molecule has 0 saturated carbocycles. The van der Waals surface area contributed by atoms with Gasteiger partial charge in [-0.25, -0.2) is 9.97 Å². The predicted octanol–water partition coefficient (Wildman–Crippen LogP) is 4.79. The lowest BCUT2D eigenvalue weighted by molar-refractivity contribution is -0.137. The van der Waals surface area contributed by atoms with Crippen molar-refractivity contribution in [3.05, 3.63) is 63.6 Å². The molecule has 1 N–H and O–H groups in total. The smallest absolute Gasteiger partial charge is 0.352 e. The number of piperazine rings is 1. The number of rotatable bonds is 4. The van der Waals surface area contributed by atoms with E-state index in [1.54, 1.807) is 24.4 Å². The van der Waals surface area contributed by atoms with E-state index in [2.05, 4.69) is 15.3 Å². The van der Waals surface area contributed by atoms with E-state index in [1.807, 2.05) is 21.2 Å². The molecule has 0 bridgehead atoms. The van der Waals surface area contributed by atoms with Crippen LogP contribution in [0, 0.1) is 0 Å². The van der Waals surface area contributed by atoms with Gasteiger partial charge in [0.1, 0.15) is 5.82 Å². The first kappa shape index (κ1) is 21.4. The van der Waals surface area contributed by atoms with E-state index in [0.29, 0.717) is 48.4 Å². The number of nitrogens with zero attached hydrogens (tertiary/aromatic N) is 4. The summed E-state index contributed by atoms with van der Waals surface area (Å²) in [6.07, 6.45) is -2.04. The third kappa shape index (κ3) is 4.75. The summed E-state index contributed by atoms with van der Waals surface area (Å²) in [5.41, 5.74) is -0.278. The van der Waals surface area contributed by atoms with Crippen molar-refractivity contribution in [3.63, 3.8) is 0 Å². The van der Waals surface area contributed by atoms with Crippen LogP contribution in [0.4, 0.5) is 30.5 Å². The summed E-state index contributed by atoms with van der Waals surface area (Å²) in [6, 6.07) is 7.98. The van der Waals surface area contributed by atoms with Crippen molar-refractivity contribution in [2.45, 2.75) is 6.18 Å². The molecule has 31 heavy (non-hydrogen) atoms. The third-order valence-electron chi connectivity index (χ3n) is 4.81. The van der Waals surface area contributed by atoms with Crippen molar-refractivity contribution in [2.75, 3.05) is 41.3 Å². The van der Waals surface area contributed by atoms with E-state index < -0.39 is 11.7 Å². The van der Waals surface area contributed by atoms with Crippen molar-refractivity contribution in [2.24, 2.45) is 0 Å². The second kappa shape index (κ2) is 8.72. The van der Waals surface area contributed by atoms with E-state index in [0.717, 1.165) is 12.3 Å². The van der Waals surface area contributed by atoms with Crippen molar-refractivity contribution < 1.29 is 18.0 Å². The fourth-order valence-corrected chi connectivity index (χ4v) is 4.19. The fraction of sp³-hybridized carbons (Fsp3) is 0.250. The molecule has 1 aliphatic heterocycles. The van der Waals surface area contributed by atoms with E-state index in [4.69, 9.17) is 11.6 Å². The molecule has 0 atom stereocenters. The van der Waals surface area contributed by atoms with Gasteiger partial charge in [0.05, 0.1) is 21.2 Å². The SMILES string of the molecule is O=C(Nc1cccnc1N1CCN(c2ncc(C(F)(F)F)cc2Cl)CC1)c1cccs1. The van der Waals surface area contributed by atoms with Gasteiger partial charge in [-0.3, -0.25) is 4.79 Å². The number of pyridine rings is 2. The number of aromatic nitrogens is 2. The van der Waals surface area contributed by atoms with Crippen LogP contribution in [0.15, 0.2) is 48.1 Å². The summed E-state index contributed by atoms with van der Waals surface area (Å²) in [6.45, 7) is 2.07. The van der Waals surface area contributed by atoms with Crippen LogP contribution in [0.5, 0.6) is 0 Å². The first-order valence-electron chi connectivity index (χ1n) is 9.35. The maximum atomic E-state index is 12.8. The van der Waals surface area contributed by atoms with Crippen LogP contribution in [0.3, 0.4) is 0 Å². The molecule has 11 heteroatoms. The van der Waals surface area contributed by atoms with Crippen LogP contribution < -0.4 is 15.1 Å². The van der Waals surface area contributed by atoms with E-state index in [1.165, 1.54) is 11.3 Å². The lowest BCUT2D eigenvalue weighted by Crippen LogP contribution is -2.47. The van der Waals surface area contributed by atoms with Gasteiger partial charge in [-0.15, -0.1) is 11.3 Å². The molecule has 4 heterocycles. The minimum atomic E-state index is -4.49. The highest BCUT2D eigenvalue weighted by atomic mass is 35.5. The van der Waals surface area contributed by atoms with Crippen LogP contribution in [-0.4, -0.2) is 42.1 Å². The lowest BCUT2D eigenvalue weighted by Gasteiger charge is -2.37. The molecule has 1 fully saturated rings. The van der Waals surface area contributed by atoms with Crippen molar-refractivity contribution in [1.82, 2.24) is 9.97 Å². The maximum Gasteiger partial charge on any atom is 0.417 e. The van der Waals surface area contributed by atoms with Gasteiger partial charge in [-0.2, -0.15) is 13.2 Å². The van der Waals surface area contributed by atoms with Gasteiger partial charge in [0.25, 0.3) is 5.91 Å². The Labute approximate surface area is 185 Å². The second-order valence-corrected chi connectivity index (χ2v) is 8.16. The molecule has 6 nitrogen and oxygen atoms in total. The third-order valence-corrected chi connectivity index (χ3v) is 5.95. The predicted molar refractivity (Wildman–Crippen MR) is 115 cm³/mol. The monoisotopic (exact) mass is 467 g/mol. The molecule has 0 aliphatic carbocycles. The molecule has 3 aromatic heterocycles. The van der Waals surface area contributed by atoms with Crippen LogP contribution >= 0.6 is 22.9 Å². The van der Waals surface area contributed by atoms with Crippen molar-refractivity contribution in [3.8, 4) is 0 Å². The molecule has 0 radical (unpaired) electrons. The number of carbonyl (C=O) groups is 1. The maximum absolute atomic E-state index is 12.8. The molecule has 1 aliphatic rings. The lowest BCUT2D eigenvalue weighted by atomic mass is 10.2. The Kier molecular flexibility index (Phi) is 6.01. The zero-order valence-electron chi connectivity index (χ0n) is 16.1. The summed E-state index contributed by atoms with van der Waals surface area (Å²) in [4.78, 5) is 25.2. The molecule has 0 spiro atoms. The Morgan fingerprint density at radius 3 is 2.39 bits per heavy atom. The summed E-state index contributed by atoms with van der Waals surface area (Å²) in [5, 5.41) is 4.69. The van der Waals surface area contributed by atoms with Crippen LogP contribution in [-0.2, 0) is 6.18 Å². The normalized spacial score (nSPS) is 14.6.